The van der Waals surface area contributed by atoms with Gasteiger partial charge in [-0.1, -0.05) is 55.4 Å². The number of esters is 4. The summed E-state index contributed by atoms with van der Waals surface area (Å²) >= 11 is 0. The number of carbonyl (C=O) groups is 4. The molecule has 8 nitrogen and oxygen atoms in total. The second-order valence-electron chi connectivity index (χ2n) is 20.0. The zero-order chi connectivity index (χ0) is 38.6. The summed E-state index contributed by atoms with van der Waals surface area (Å²) in [5.41, 5.74) is 1.84. The Balaban J connectivity index is 1.33. The van der Waals surface area contributed by atoms with Gasteiger partial charge in [0, 0.05) is 27.7 Å². The van der Waals surface area contributed by atoms with Crippen LogP contribution in [-0.2, 0) is 38.1 Å². The lowest BCUT2D eigenvalue weighted by atomic mass is 9.31. The van der Waals surface area contributed by atoms with Crippen molar-refractivity contribution in [1.82, 2.24) is 0 Å². The molecule has 0 aromatic heterocycles. The van der Waals surface area contributed by atoms with Crippen molar-refractivity contribution < 1.29 is 38.1 Å². The highest BCUT2D eigenvalue weighted by Gasteiger charge is 2.70. The van der Waals surface area contributed by atoms with Crippen LogP contribution in [0.2, 0.25) is 0 Å². The standard InChI is InChI=1S/C44H72O8/c1-26(13-14-34(50-29(4)46)39(52-31(6)48)35(51-30(5)47)25-49-28(3)45)32-18-22-41(9)33(32)19-23-43(11)37(41)15-16-38-42(10)21-17-27(2)40(7,8)36(42)20-24-44(38,43)12/h26-27,32-39H,13-25H2,1-12H3/t26-,27+,32-,33+,34-,35-,36+,37-,38+,39-,41+,42+,43-,44-/m1/s1. The number of fused-ring (bicyclic) bond motifs is 7. The third kappa shape index (κ3) is 7.08. The molecule has 0 aromatic rings. The minimum absolute atomic E-state index is 0.304. The number of hydrogen-bond acceptors (Lipinski definition) is 8. The fraction of sp³-hybridized carbons (Fsp3) is 0.909. The highest BCUT2D eigenvalue weighted by atomic mass is 16.6. The van der Waals surface area contributed by atoms with Crippen LogP contribution in [0.1, 0.15) is 160 Å². The lowest BCUT2D eigenvalue weighted by Crippen LogP contribution is -2.66. The van der Waals surface area contributed by atoms with Crippen LogP contribution in [0.25, 0.3) is 0 Å². The van der Waals surface area contributed by atoms with E-state index in [1.165, 1.54) is 91.9 Å². The Morgan fingerprint density at radius 3 is 1.71 bits per heavy atom. The fourth-order valence-corrected chi connectivity index (χ4v) is 14.4. The maximum Gasteiger partial charge on any atom is 0.303 e. The molecule has 5 fully saturated rings. The monoisotopic (exact) mass is 729 g/mol. The molecule has 52 heavy (non-hydrogen) atoms. The Morgan fingerprint density at radius 2 is 1.13 bits per heavy atom. The van der Waals surface area contributed by atoms with E-state index in [-0.39, 0.29) is 6.61 Å². The Labute approximate surface area is 315 Å². The Hall–Kier alpha value is -2.12. The molecule has 0 N–H and O–H groups in total. The third-order valence-corrected chi connectivity index (χ3v) is 17.3. The largest absolute Gasteiger partial charge is 0.462 e. The molecule has 0 spiro atoms. The normalized spacial score (nSPS) is 41.4. The van der Waals surface area contributed by atoms with Gasteiger partial charge in [-0.05, 0) is 146 Å². The molecule has 0 aliphatic heterocycles. The van der Waals surface area contributed by atoms with Gasteiger partial charge in [0.25, 0.3) is 0 Å². The van der Waals surface area contributed by atoms with Crippen LogP contribution in [0, 0.1) is 68.5 Å². The van der Waals surface area contributed by atoms with E-state index in [4.69, 9.17) is 18.9 Å². The molecular weight excluding hydrogens is 656 g/mol. The molecule has 0 amide bonds. The second kappa shape index (κ2) is 14.8. The van der Waals surface area contributed by atoms with Gasteiger partial charge < -0.3 is 18.9 Å². The zero-order valence-electron chi connectivity index (χ0n) is 34.7. The molecular formula is C44H72O8. The first-order valence-electron chi connectivity index (χ1n) is 20.8. The average molecular weight is 729 g/mol. The van der Waals surface area contributed by atoms with Gasteiger partial charge in [-0.2, -0.15) is 0 Å². The van der Waals surface area contributed by atoms with E-state index < -0.39 is 42.2 Å². The minimum Gasteiger partial charge on any atom is -0.462 e. The summed E-state index contributed by atoms with van der Waals surface area (Å²) in [6.07, 6.45) is 11.4. The lowest BCUT2D eigenvalue weighted by Gasteiger charge is -2.73. The summed E-state index contributed by atoms with van der Waals surface area (Å²) in [5, 5.41) is 0. The van der Waals surface area contributed by atoms with Gasteiger partial charge in [0.2, 0.25) is 0 Å². The summed E-state index contributed by atoms with van der Waals surface area (Å²) in [6, 6.07) is 0. The molecule has 0 aromatic carbocycles. The SMILES string of the molecule is CC(=O)OC[C@@H](OC(C)=O)[C@H](OC(C)=O)[C@@H](CC[C@@H](C)[C@H]1CC[C@]2(C)[C@H]3CC[C@H]4[C@@]5(C)CC[C@H](C)C(C)(C)[C@@H]5CC[C@@]4(C)[C@]3(C)CC[C@@H]12)OC(C)=O. The summed E-state index contributed by atoms with van der Waals surface area (Å²) in [6.45, 7) is 25.6. The van der Waals surface area contributed by atoms with Crippen molar-refractivity contribution in [2.45, 2.75) is 178 Å². The van der Waals surface area contributed by atoms with E-state index in [2.05, 4.69) is 55.4 Å². The topological polar surface area (TPSA) is 105 Å². The molecule has 0 bridgehead atoms. The summed E-state index contributed by atoms with van der Waals surface area (Å²) in [4.78, 5) is 48.4. The molecule has 0 heterocycles. The van der Waals surface area contributed by atoms with Crippen LogP contribution in [0.5, 0.6) is 0 Å². The van der Waals surface area contributed by atoms with Crippen molar-refractivity contribution in [2.75, 3.05) is 6.61 Å². The molecule has 5 saturated carbocycles. The quantitative estimate of drug-likeness (QED) is 0.153. The van der Waals surface area contributed by atoms with Crippen LogP contribution in [0.15, 0.2) is 0 Å². The third-order valence-electron chi connectivity index (χ3n) is 17.3. The summed E-state index contributed by atoms with van der Waals surface area (Å²) < 4.78 is 22.1. The van der Waals surface area contributed by atoms with Crippen molar-refractivity contribution in [3.63, 3.8) is 0 Å². The van der Waals surface area contributed by atoms with Gasteiger partial charge in [0.1, 0.15) is 12.7 Å². The molecule has 0 unspecified atom stereocenters. The maximum atomic E-state index is 12.4. The molecule has 5 rings (SSSR count). The van der Waals surface area contributed by atoms with Crippen molar-refractivity contribution >= 4 is 23.9 Å². The van der Waals surface area contributed by atoms with Crippen LogP contribution in [0.4, 0.5) is 0 Å². The predicted molar refractivity (Wildman–Crippen MR) is 201 cm³/mol. The van der Waals surface area contributed by atoms with Crippen molar-refractivity contribution in [2.24, 2.45) is 68.5 Å². The first-order valence-corrected chi connectivity index (χ1v) is 20.8. The van der Waals surface area contributed by atoms with Crippen LogP contribution in [0.3, 0.4) is 0 Å². The Bertz CT molecular complexity index is 1360. The van der Waals surface area contributed by atoms with Gasteiger partial charge >= 0.3 is 23.9 Å². The van der Waals surface area contributed by atoms with Gasteiger partial charge in [-0.3, -0.25) is 19.2 Å². The first-order chi connectivity index (χ1) is 24.1. The van der Waals surface area contributed by atoms with E-state index in [0.29, 0.717) is 51.2 Å². The first kappa shape index (κ1) is 41.1. The van der Waals surface area contributed by atoms with Gasteiger partial charge in [0.15, 0.2) is 12.2 Å². The predicted octanol–water partition coefficient (Wildman–Crippen LogP) is 9.50. The van der Waals surface area contributed by atoms with Gasteiger partial charge in [0.05, 0.1) is 0 Å². The smallest absolute Gasteiger partial charge is 0.303 e. The molecule has 0 saturated heterocycles. The molecule has 14 atom stereocenters. The second-order valence-corrected chi connectivity index (χ2v) is 20.0. The lowest BCUT2D eigenvalue weighted by molar-refractivity contribution is -0.246. The molecule has 8 heteroatoms. The molecule has 5 aliphatic carbocycles. The van der Waals surface area contributed by atoms with E-state index in [1.54, 1.807) is 0 Å². The molecule has 5 aliphatic rings. The zero-order valence-corrected chi connectivity index (χ0v) is 34.7. The summed E-state index contributed by atoms with van der Waals surface area (Å²) in [7, 11) is 0. The number of ether oxygens (including phenoxy) is 4. The fourth-order valence-electron chi connectivity index (χ4n) is 14.4. The van der Waals surface area contributed by atoms with E-state index in [1.807, 2.05) is 0 Å². The number of hydrogen-bond donors (Lipinski definition) is 0. The molecule has 0 radical (unpaired) electrons. The van der Waals surface area contributed by atoms with Crippen molar-refractivity contribution in [3.05, 3.63) is 0 Å². The van der Waals surface area contributed by atoms with E-state index in [9.17, 15) is 19.2 Å². The molecule has 296 valence electrons. The highest BCUT2D eigenvalue weighted by Crippen LogP contribution is 2.78. The van der Waals surface area contributed by atoms with Crippen LogP contribution < -0.4 is 0 Å². The minimum atomic E-state index is -1.10. The maximum absolute atomic E-state index is 12.4. The van der Waals surface area contributed by atoms with Crippen LogP contribution >= 0.6 is 0 Å². The number of rotatable bonds is 11. The van der Waals surface area contributed by atoms with E-state index in [0.717, 1.165) is 30.1 Å². The Morgan fingerprint density at radius 1 is 0.596 bits per heavy atom. The van der Waals surface area contributed by atoms with Crippen molar-refractivity contribution in [3.8, 4) is 0 Å². The van der Waals surface area contributed by atoms with Gasteiger partial charge in [-0.25, -0.2) is 0 Å². The Kier molecular flexibility index (Phi) is 11.7. The highest BCUT2D eigenvalue weighted by molar-refractivity contribution is 5.68. The van der Waals surface area contributed by atoms with Crippen molar-refractivity contribution in [1.29, 1.82) is 0 Å². The summed E-state index contributed by atoms with van der Waals surface area (Å²) in [5.74, 6) is 2.42. The number of carbonyl (C=O) groups excluding carboxylic acids is 4. The van der Waals surface area contributed by atoms with Gasteiger partial charge in [-0.15, -0.1) is 0 Å². The van der Waals surface area contributed by atoms with Crippen LogP contribution in [-0.4, -0.2) is 48.8 Å². The average Bonchev–Trinajstić information content (AvgIpc) is 3.39. The van der Waals surface area contributed by atoms with E-state index >= 15 is 0 Å².